The fourth-order valence-electron chi connectivity index (χ4n) is 2.70. The Balaban J connectivity index is 1.89. The van der Waals surface area contributed by atoms with E-state index in [1.807, 2.05) is 30.3 Å². The van der Waals surface area contributed by atoms with Crippen LogP contribution in [0.5, 0.6) is 5.75 Å². The van der Waals surface area contributed by atoms with Crippen molar-refractivity contribution < 1.29 is 19.4 Å². The van der Waals surface area contributed by atoms with Crippen LogP contribution in [-0.2, 0) is 16.0 Å². The van der Waals surface area contributed by atoms with E-state index >= 15 is 0 Å². The van der Waals surface area contributed by atoms with Gasteiger partial charge >= 0.3 is 5.97 Å². The molecule has 3 rings (SSSR count). The zero-order valence-electron chi connectivity index (χ0n) is 12.9. The Labute approximate surface area is 138 Å². The van der Waals surface area contributed by atoms with E-state index in [9.17, 15) is 14.7 Å². The van der Waals surface area contributed by atoms with Crippen molar-refractivity contribution in [2.75, 3.05) is 17.2 Å². The number of carboxylic acids is 1. The molecule has 0 aliphatic carbocycles. The van der Waals surface area contributed by atoms with Gasteiger partial charge in [-0.1, -0.05) is 30.3 Å². The fraction of sp³-hybridized carbons (Fsp3) is 0.235. The highest BCUT2D eigenvalue weighted by Gasteiger charge is 2.36. The van der Waals surface area contributed by atoms with Gasteiger partial charge in [-0.2, -0.15) is 0 Å². The lowest BCUT2D eigenvalue weighted by Crippen LogP contribution is -2.50. The number of aromatic nitrogens is 1. The number of pyridine rings is 1. The molecule has 1 aromatic carbocycles. The van der Waals surface area contributed by atoms with Gasteiger partial charge in [-0.3, -0.25) is 9.69 Å². The summed E-state index contributed by atoms with van der Waals surface area (Å²) in [5.74, 6) is -0.817. The number of nitrogens with zero attached hydrogens (tertiary/aromatic N) is 2. The standard InChI is InChI=1S/C17H17N3O4/c18-14-9-8-13-16(19-14)20(15(21)10-24-13)12(17(22)23)7-6-11-4-2-1-3-5-11/h1-5,8-9,12H,6-7,10H2,(H2,18,19)(H,22,23). The minimum atomic E-state index is -1.09. The molecule has 1 aliphatic heterocycles. The van der Waals surface area contributed by atoms with Crippen LogP contribution in [0.3, 0.4) is 0 Å². The molecule has 0 bridgehead atoms. The molecule has 0 saturated heterocycles. The summed E-state index contributed by atoms with van der Waals surface area (Å²) in [7, 11) is 0. The maximum atomic E-state index is 12.3. The molecule has 1 aliphatic rings. The van der Waals surface area contributed by atoms with Gasteiger partial charge in [-0.25, -0.2) is 9.78 Å². The van der Waals surface area contributed by atoms with Crippen LogP contribution in [0.4, 0.5) is 11.6 Å². The molecule has 2 heterocycles. The van der Waals surface area contributed by atoms with Crippen LogP contribution in [0.1, 0.15) is 12.0 Å². The summed E-state index contributed by atoms with van der Waals surface area (Å²) in [6.45, 7) is -0.215. The normalized spacial score (nSPS) is 14.7. The van der Waals surface area contributed by atoms with Crippen LogP contribution in [0.25, 0.3) is 0 Å². The van der Waals surface area contributed by atoms with E-state index in [-0.39, 0.29) is 24.7 Å². The van der Waals surface area contributed by atoms with Crippen molar-refractivity contribution in [2.24, 2.45) is 0 Å². The Bertz CT molecular complexity index is 764. The van der Waals surface area contributed by atoms with Crippen LogP contribution in [0.2, 0.25) is 0 Å². The Kier molecular flexibility index (Phi) is 4.33. The average Bonchev–Trinajstić information content (AvgIpc) is 2.57. The predicted octanol–water partition coefficient (Wildman–Crippen LogP) is 1.48. The largest absolute Gasteiger partial charge is 0.480 e. The Morgan fingerprint density at radius 3 is 2.75 bits per heavy atom. The molecule has 1 amide bonds. The first kappa shape index (κ1) is 15.8. The summed E-state index contributed by atoms with van der Waals surface area (Å²) in [6, 6.07) is 11.6. The van der Waals surface area contributed by atoms with Gasteiger partial charge < -0.3 is 15.6 Å². The highest BCUT2D eigenvalue weighted by molar-refractivity contribution is 6.01. The number of carboxylic acid groups (broad SMARTS) is 1. The minimum absolute atomic E-state index is 0.159. The number of fused-ring (bicyclic) bond motifs is 1. The Morgan fingerprint density at radius 1 is 1.29 bits per heavy atom. The summed E-state index contributed by atoms with van der Waals surface area (Å²) in [6.07, 6.45) is 0.793. The van der Waals surface area contributed by atoms with E-state index in [0.717, 1.165) is 5.56 Å². The lowest BCUT2D eigenvalue weighted by molar-refractivity contribution is -0.140. The molecular weight excluding hydrogens is 310 g/mol. The van der Waals surface area contributed by atoms with Crippen molar-refractivity contribution >= 4 is 23.5 Å². The van der Waals surface area contributed by atoms with Crippen molar-refractivity contribution in [1.82, 2.24) is 4.98 Å². The van der Waals surface area contributed by atoms with Gasteiger partial charge in [0, 0.05) is 0 Å². The number of rotatable bonds is 5. The lowest BCUT2D eigenvalue weighted by atomic mass is 10.0. The maximum Gasteiger partial charge on any atom is 0.326 e. The molecule has 7 nitrogen and oxygen atoms in total. The van der Waals surface area contributed by atoms with Crippen LogP contribution in [0, 0.1) is 0 Å². The molecule has 3 N–H and O–H groups in total. The third-order valence-corrected chi connectivity index (χ3v) is 3.85. The number of anilines is 2. The summed E-state index contributed by atoms with van der Waals surface area (Å²) < 4.78 is 5.31. The quantitative estimate of drug-likeness (QED) is 0.861. The van der Waals surface area contributed by atoms with Crippen LogP contribution >= 0.6 is 0 Å². The number of benzene rings is 1. The van der Waals surface area contributed by atoms with E-state index in [2.05, 4.69) is 4.98 Å². The molecular formula is C17H17N3O4. The molecule has 0 saturated carbocycles. The van der Waals surface area contributed by atoms with Gasteiger partial charge in [-0.15, -0.1) is 0 Å². The van der Waals surface area contributed by atoms with E-state index in [0.29, 0.717) is 12.2 Å². The second kappa shape index (κ2) is 6.57. The third kappa shape index (κ3) is 3.15. The molecule has 7 heteroatoms. The number of nitrogen functional groups attached to an aromatic ring is 1. The van der Waals surface area contributed by atoms with Gasteiger partial charge in [0.2, 0.25) is 0 Å². The van der Waals surface area contributed by atoms with E-state index in [4.69, 9.17) is 10.5 Å². The smallest absolute Gasteiger partial charge is 0.326 e. The van der Waals surface area contributed by atoms with Gasteiger partial charge in [0.25, 0.3) is 5.91 Å². The summed E-state index contributed by atoms with van der Waals surface area (Å²) in [5.41, 5.74) is 6.68. The Morgan fingerprint density at radius 2 is 2.04 bits per heavy atom. The zero-order valence-corrected chi connectivity index (χ0v) is 12.9. The second-order valence-electron chi connectivity index (χ2n) is 5.49. The number of aryl methyl sites for hydroxylation is 1. The zero-order chi connectivity index (χ0) is 17.1. The molecule has 2 aromatic rings. The maximum absolute atomic E-state index is 12.3. The number of ether oxygens (including phenoxy) is 1. The molecule has 1 unspecified atom stereocenters. The number of carbonyl (C=O) groups is 2. The molecule has 124 valence electrons. The van der Waals surface area contributed by atoms with Crippen LogP contribution < -0.4 is 15.4 Å². The number of hydrogen-bond donors (Lipinski definition) is 2. The van der Waals surface area contributed by atoms with Crippen molar-refractivity contribution in [2.45, 2.75) is 18.9 Å². The summed E-state index contributed by atoms with van der Waals surface area (Å²) >= 11 is 0. The number of carbonyl (C=O) groups excluding carboxylic acids is 1. The van der Waals surface area contributed by atoms with Gasteiger partial charge in [-0.05, 0) is 30.5 Å². The number of aliphatic carboxylic acids is 1. The first-order valence-corrected chi connectivity index (χ1v) is 7.54. The topological polar surface area (TPSA) is 106 Å². The van der Waals surface area contributed by atoms with E-state index < -0.39 is 17.9 Å². The van der Waals surface area contributed by atoms with Crippen molar-refractivity contribution in [3.8, 4) is 5.75 Å². The summed E-state index contributed by atoms with van der Waals surface area (Å²) in [5, 5.41) is 9.62. The highest BCUT2D eigenvalue weighted by Crippen LogP contribution is 2.33. The van der Waals surface area contributed by atoms with Crippen LogP contribution in [0.15, 0.2) is 42.5 Å². The number of amides is 1. The van der Waals surface area contributed by atoms with Crippen molar-refractivity contribution in [3.05, 3.63) is 48.0 Å². The van der Waals surface area contributed by atoms with Crippen molar-refractivity contribution in [1.29, 1.82) is 0 Å². The van der Waals surface area contributed by atoms with Gasteiger partial charge in [0.15, 0.2) is 18.2 Å². The predicted molar refractivity (Wildman–Crippen MR) is 87.8 cm³/mol. The molecule has 1 atom stereocenters. The van der Waals surface area contributed by atoms with Gasteiger partial charge in [0.05, 0.1) is 0 Å². The first-order chi connectivity index (χ1) is 11.6. The second-order valence-corrected chi connectivity index (χ2v) is 5.49. The fourth-order valence-corrected chi connectivity index (χ4v) is 2.70. The lowest BCUT2D eigenvalue weighted by Gasteiger charge is -2.32. The molecule has 0 fully saturated rings. The summed E-state index contributed by atoms with van der Waals surface area (Å²) in [4.78, 5) is 29.3. The molecule has 24 heavy (non-hydrogen) atoms. The number of nitrogens with two attached hydrogens (primary N) is 1. The highest BCUT2D eigenvalue weighted by atomic mass is 16.5. The molecule has 1 aromatic heterocycles. The Hall–Kier alpha value is -3.09. The monoisotopic (exact) mass is 327 g/mol. The van der Waals surface area contributed by atoms with Crippen molar-refractivity contribution in [3.63, 3.8) is 0 Å². The molecule has 0 radical (unpaired) electrons. The average molecular weight is 327 g/mol. The first-order valence-electron chi connectivity index (χ1n) is 7.54. The van der Waals surface area contributed by atoms with Crippen LogP contribution in [-0.4, -0.2) is 34.6 Å². The molecule has 0 spiro atoms. The SMILES string of the molecule is Nc1ccc2c(n1)N(C(CCc1ccccc1)C(=O)O)C(=O)CO2. The van der Waals surface area contributed by atoms with E-state index in [1.165, 1.54) is 4.90 Å². The van der Waals surface area contributed by atoms with Gasteiger partial charge in [0.1, 0.15) is 11.9 Å². The van der Waals surface area contributed by atoms with E-state index in [1.54, 1.807) is 12.1 Å². The third-order valence-electron chi connectivity index (χ3n) is 3.85. The minimum Gasteiger partial charge on any atom is -0.480 e. The number of hydrogen-bond acceptors (Lipinski definition) is 5.